The lowest BCUT2D eigenvalue weighted by atomic mass is 10.3. The fourth-order valence-electron chi connectivity index (χ4n) is 1.69. The van der Waals surface area contributed by atoms with Crippen LogP contribution in [0.15, 0.2) is 51.6 Å². The van der Waals surface area contributed by atoms with Crippen molar-refractivity contribution in [3.63, 3.8) is 0 Å². The summed E-state index contributed by atoms with van der Waals surface area (Å²) in [6, 6.07) is 0. The maximum atomic E-state index is 5.68. The number of hydrogen-bond acceptors (Lipinski definition) is 7. The van der Waals surface area contributed by atoms with Crippen molar-refractivity contribution in [2.45, 2.75) is 6.61 Å². The minimum atomic E-state index is 0.403. The summed E-state index contributed by atoms with van der Waals surface area (Å²) in [6.07, 6.45) is 6.49. The molecule has 0 aromatic carbocycles. The largest absolute Gasteiger partial charge is 0.497 e. The monoisotopic (exact) mass is 365 g/mol. The molecule has 0 aliphatic heterocycles. The van der Waals surface area contributed by atoms with Crippen molar-refractivity contribution in [1.29, 1.82) is 0 Å². The van der Waals surface area contributed by atoms with E-state index in [2.05, 4.69) is 28.8 Å². The minimum absolute atomic E-state index is 0.403. The number of nitrogens with one attached hydrogen (secondary N) is 1. The Morgan fingerprint density at radius 3 is 2.72 bits per heavy atom. The van der Waals surface area contributed by atoms with E-state index in [9.17, 15) is 0 Å². The molecule has 0 atom stereocenters. The first-order valence-corrected chi connectivity index (χ1v) is 8.15. The zero-order valence-electron chi connectivity index (χ0n) is 14.7. The summed E-state index contributed by atoms with van der Waals surface area (Å²) in [4.78, 5) is 14.5. The molecule has 25 heavy (non-hydrogen) atoms. The van der Waals surface area contributed by atoms with Crippen molar-refractivity contribution < 1.29 is 19.0 Å². The Hall–Kier alpha value is -2.42. The molecule has 0 amide bonds. The summed E-state index contributed by atoms with van der Waals surface area (Å²) in [5, 5.41) is 1.83. The van der Waals surface area contributed by atoms with Gasteiger partial charge in [0.1, 0.15) is 17.8 Å². The Bertz CT molecular complexity index is 650. The number of rotatable bonds is 12. The number of hydrogen-bond donors (Lipinski definition) is 1. The van der Waals surface area contributed by atoms with Crippen molar-refractivity contribution in [2.75, 3.05) is 27.9 Å². The van der Waals surface area contributed by atoms with Crippen molar-refractivity contribution in [2.24, 2.45) is 9.98 Å². The van der Waals surface area contributed by atoms with Gasteiger partial charge in [0.25, 0.3) is 0 Å². The lowest BCUT2D eigenvalue weighted by Gasteiger charge is -2.10. The molecule has 0 radical (unpaired) electrons. The third-order valence-electron chi connectivity index (χ3n) is 2.83. The number of nitrogens with zero attached hydrogens (tertiary/aromatic N) is 2. The molecule has 1 rings (SSSR count). The lowest BCUT2D eigenvalue weighted by Crippen LogP contribution is -2.17. The fraction of sp³-hybridized carbons (Fsp3) is 0.294. The van der Waals surface area contributed by atoms with Gasteiger partial charge in [-0.25, -0.2) is 10.5 Å². The third-order valence-corrected chi connectivity index (χ3v) is 3.76. The van der Waals surface area contributed by atoms with E-state index >= 15 is 0 Å². The first kappa shape index (κ1) is 20.6. The van der Waals surface area contributed by atoms with Crippen LogP contribution >= 0.6 is 11.3 Å². The second kappa shape index (κ2) is 12.0. The SMILES string of the molecule is C=C/C(=C\C(=C/COC)NOc1csc(COC)c1N=CN=C)OC. The first-order valence-electron chi connectivity index (χ1n) is 7.27. The topological polar surface area (TPSA) is 73.7 Å². The molecule has 0 fully saturated rings. The first-order chi connectivity index (χ1) is 12.2. The van der Waals surface area contributed by atoms with E-state index < -0.39 is 0 Å². The van der Waals surface area contributed by atoms with Gasteiger partial charge in [0.15, 0.2) is 5.75 Å². The molecule has 0 aliphatic rings. The van der Waals surface area contributed by atoms with Gasteiger partial charge in [-0.1, -0.05) is 6.58 Å². The second-order valence-electron chi connectivity index (χ2n) is 4.51. The van der Waals surface area contributed by atoms with Gasteiger partial charge in [0.2, 0.25) is 0 Å². The second-order valence-corrected chi connectivity index (χ2v) is 5.47. The predicted molar refractivity (Wildman–Crippen MR) is 102 cm³/mol. The normalized spacial score (nSPS) is 12.3. The molecule has 0 saturated carbocycles. The molecule has 1 N–H and O–H groups in total. The van der Waals surface area contributed by atoms with Crippen LogP contribution in [0.2, 0.25) is 0 Å². The van der Waals surface area contributed by atoms with Gasteiger partial charge in [-0.15, -0.1) is 11.3 Å². The molecule has 0 bridgehead atoms. The molecule has 1 aromatic rings. The zero-order valence-corrected chi connectivity index (χ0v) is 15.5. The Morgan fingerprint density at radius 2 is 2.12 bits per heavy atom. The summed E-state index contributed by atoms with van der Waals surface area (Å²) < 4.78 is 15.4. The van der Waals surface area contributed by atoms with Crippen LogP contribution in [-0.4, -0.2) is 41.0 Å². The summed E-state index contributed by atoms with van der Waals surface area (Å²) >= 11 is 1.48. The van der Waals surface area contributed by atoms with Gasteiger partial charge in [0.05, 0.1) is 30.9 Å². The average molecular weight is 365 g/mol. The average Bonchev–Trinajstić information content (AvgIpc) is 3.01. The van der Waals surface area contributed by atoms with E-state index in [0.717, 1.165) is 4.88 Å². The third kappa shape index (κ3) is 6.92. The van der Waals surface area contributed by atoms with Crippen LogP contribution in [0.1, 0.15) is 4.88 Å². The number of ether oxygens (including phenoxy) is 3. The van der Waals surface area contributed by atoms with E-state index in [1.54, 1.807) is 39.6 Å². The highest BCUT2D eigenvalue weighted by atomic mass is 32.1. The molecule has 0 unspecified atom stereocenters. The van der Waals surface area contributed by atoms with E-state index in [1.807, 2.05) is 5.38 Å². The van der Waals surface area contributed by atoms with Crippen LogP contribution < -0.4 is 10.3 Å². The Kier molecular flexibility index (Phi) is 9.91. The number of methoxy groups -OCH3 is 3. The minimum Gasteiger partial charge on any atom is -0.497 e. The molecule has 0 aliphatic carbocycles. The zero-order chi connectivity index (χ0) is 18.5. The van der Waals surface area contributed by atoms with Gasteiger partial charge in [-0.3, -0.25) is 4.99 Å². The smallest absolute Gasteiger partial charge is 0.191 e. The quantitative estimate of drug-likeness (QED) is 0.202. The number of aliphatic imine (C=N–C) groups is 2. The molecule has 0 spiro atoms. The Morgan fingerprint density at radius 1 is 1.32 bits per heavy atom. The maximum absolute atomic E-state index is 5.68. The van der Waals surface area contributed by atoms with Crippen molar-refractivity contribution >= 4 is 30.1 Å². The van der Waals surface area contributed by atoms with Crippen LogP contribution in [0.25, 0.3) is 0 Å². The van der Waals surface area contributed by atoms with Gasteiger partial charge in [0, 0.05) is 25.7 Å². The summed E-state index contributed by atoms with van der Waals surface area (Å²) in [5.74, 6) is 1.13. The summed E-state index contributed by atoms with van der Waals surface area (Å²) in [6.45, 7) is 7.90. The summed E-state index contributed by atoms with van der Waals surface area (Å²) in [7, 11) is 4.79. The highest BCUT2D eigenvalue weighted by molar-refractivity contribution is 7.10. The standard InChI is InChI=1S/C17H23N3O4S/c1-6-14(23-5)9-13(7-8-21-3)20-24-15-11-25-16(10-22-4)17(15)19-12-18-2/h6-7,9,11-12,20H,1-2,8,10H2,3-5H3/b13-7+,14-9+,19-12?. The van der Waals surface area contributed by atoms with E-state index in [0.29, 0.717) is 36.1 Å². The van der Waals surface area contributed by atoms with E-state index in [1.165, 1.54) is 17.7 Å². The van der Waals surface area contributed by atoms with Crippen molar-refractivity contribution in [1.82, 2.24) is 5.48 Å². The summed E-state index contributed by atoms with van der Waals surface area (Å²) in [5.41, 5.74) is 4.15. The number of hydroxylamine groups is 1. The van der Waals surface area contributed by atoms with Crippen molar-refractivity contribution in [3.8, 4) is 5.75 Å². The van der Waals surface area contributed by atoms with Crippen LogP contribution in [-0.2, 0) is 20.8 Å². The van der Waals surface area contributed by atoms with Gasteiger partial charge in [-0.2, -0.15) is 0 Å². The van der Waals surface area contributed by atoms with Crippen LogP contribution in [0.5, 0.6) is 5.75 Å². The predicted octanol–water partition coefficient (Wildman–Crippen LogP) is 3.38. The van der Waals surface area contributed by atoms with Gasteiger partial charge in [-0.05, 0) is 18.9 Å². The molecule has 7 nitrogen and oxygen atoms in total. The highest BCUT2D eigenvalue weighted by Gasteiger charge is 2.13. The lowest BCUT2D eigenvalue weighted by molar-refractivity contribution is 0.187. The molecular formula is C17H23N3O4S. The van der Waals surface area contributed by atoms with Crippen molar-refractivity contribution in [3.05, 3.63) is 46.5 Å². The Balaban J connectivity index is 2.98. The fourth-order valence-corrected chi connectivity index (χ4v) is 2.55. The molecule has 0 saturated heterocycles. The molecule has 8 heteroatoms. The molecule has 136 valence electrons. The van der Waals surface area contributed by atoms with Crippen LogP contribution in [0.3, 0.4) is 0 Å². The van der Waals surface area contributed by atoms with Crippen LogP contribution in [0, 0.1) is 0 Å². The van der Waals surface area contributed by atoms with E-state index in [4.69, 9.17) is 19.0 Å². The van der Waals surface area contributed by atoms with Gasteiger partial charge < -0.3 is 19.0 Å². The Labute approximate surface area is 151 Å². The number of allylic oxidation sites excluding steroid dienone is 2. The van der Waals surface area contributed by atoms with E-state index in [-0.39, 0.29) is 0 Å². The highest BCUT2D eigenvalue weighted by Crippen LogP contribution is 2.37. The number of thiophene rings is 1. The molecule has 1 aromatic heterocycles. The van der Waals surface area contributed by atoms with Crippen LogP contribution in [0.4, 0.5) is 5.69 Å². The maximum Gasteiger partial charge on any atom is 0.191 e. The molecular weight excluding hydrogens is 342 g/mol. The molecule has 1 heterocycles. The van der Waals surface area contributed by atoms with Gasteiger partial charge >= 0.3 is 0 Å².